The van der Waals surface area contributed by atoms with Crippen LogP contribution in [0.15, 0.2) is 36.5 Å². The van der Waals surface area contributed by atoms with Gasteiger partial charge in [-0.05, 0) is 25.5 Å². The molecule has 0 atom stereocenters. The van der Waals surface area contributed by atoms with Crippen LogP contribution < -0.4 is 0 Å². The lowest BCUT2D eigenvalue weighted by molar-refractivity contribution is -0.117. The van der Waals surface area contributed by atoms with E-state index in [0.29, 0.717) is 12.8 Å². The van der Waals surface area contributed by atoms with Crippen molar-refractivity contribution in [2.24, 2.45) is 0 Å². The molecule has 2 aromatic rings. The highest BCUT2D eigenvalue weighted by Crippen LogP contribution is 2.10. The second-order valence-electron chi connectivity index (χ2n) is 3.67. The molecule has 0 radical (unpaired) electrons. The van der Waals surface area contributed by atoms with Gasteiger partial charge < -0.3 is 4.79 Å². The maximum atomic E-state index is 10.9. The number of benzene rings is 1. The maximum absolute atomic E-state index is 10.9. The second-order valence-corrected chi connectivity index (χ2v) is 3.67. The van der Waals surface area contributed by atoms with Crippen molar-refractivity contribution in [1.29, 1.82) is 0 Å². The van der Waals surface area contributed by atoms with Gasteiger partial charge in [0.15, 0.2) is 0 Å². The topological polar surface area (TPSA) is 47.8 Å². The van der Waals surface area contributed by atoms with Crippen LogP contribution in [0.3, 0.4) is 0 Å². The summed E-state index contributed by atoms with van der Waals surface area (Å²) in [5.41, 5.74) is 1.93. The van der Waals surface area contributed by atoms with Crippen LogP contribution in [0.1, 0.15) is 19.0 Å². The van der Waals surface area contributed by atoms with E-state index in [1.807, 2.05) is 30.3 Å². The number of carbonyl (C=O) groups excluding carboxylic acids is 1. The molecule has 0 spiro atoms. The molecule has 16 heavy (non-hydrogen) atoms. The van der Waals surface area contributed by atoms with E-state index in [1.54, 1.807) is 17.8 Å². The summed E-state index contributed by atoms with van der Waals surface area (Å²) < 4.78 is 1.77. The molecule has 0 aliphatic rings. The normalized spacial score (nSPS) is 10.3. The van der Waals surface area contributed by atoms with Crippen molar-refractivity contribution in [2.75, 3.05) is 0 Å². The van der Waals surface area contributed by atoms with Gasteiger partial charge in [0, 0.05) is 6.42 Å². The van der Waals surface area contributed by atoms with E-state index in [9.17, 15) is 4.79 Å². The number of Topliss-reactive ketones (excluding diaryl/α,β-unsaturated/α-hetero) is 1. The molecule has 0 unspecified atom stereocenters. The first-order valence-corrected chi connectivity index (χ1v) is 5.22. The molecule has 1 aromatic carbocycles. The third-order valence-electron chi connectivity index (χ3n) is 2.35. The molecule has 0 saturated heterocycles. The predicted octanol–water partition coefficient (Wildman–Crippen LogP) is 1.79. The zero-order valence-corrected chi connectivity index (χ0v) is 9.13. The van der Waals surface area contributed by atoms with Gasteiger partial charge in [0.1, 0.15) is 5.78 Å². The Morgan fingerprint density at radius 2 is 2.06 bits per heavy atom. The average molecular weight is 215 g/mol. The fraction of sp³-hybridized carbons (Fsp3) is 0.250. The van der Waals surface area contributed by atoms with Crippen LogP contribution >= 0.6 is 0 Å². The Morgan fingerprint density at radius 1 is 1.31 bits per heavy atom. The first kappa shape index (κ1) is 10.5. The predicted molar refractivity (Wildman–Crippen MR) is 60.4 cm³/mol. The molecule has 0 N–H and O–H groups in total. The number of hydrogen-bond donors (Lipinski definition) is 0. The molecule has 0 aliphatic carbocycles. The number of nitrogens with zero attached hydrogens (tertiary/aromatic N) is 3. The summed E-state index contributed by atoms with van der Waals surface area (Å²) in [5, 5.41) is 7.90. The van der Waals surface area contributed by atoms with Crippen molar-refractivity contribution < 1.29 is 4.79 Å². The number of carbonyl (C=O) groups is 1. The van der Waals surface area contributed by atoms with Gasteiger partial charge in [-0.1, -0.05) is 23.4 Å². The van der Waals surface area contributed by atoms with Crippen molar-refractivity contribution in [3.63, 3.8) is 0 Å². The van der Waals surface area contributed by atoms with Crippen LogP contribution in [0.4, 0.5) is 0 Å². The van der Waals surface area contributed by atoms with Crippen molar-refractivity contribution >= 4 is 5.78 Å². The van der Waals surface area contributed by atoms with Crippen molar-refractivity contribution in [2.45, 2.75) is 19.8 Å². The van der Waals surface area contributed by atoms with Crippen LogP contribution in [-0.2, 0) is 11.2 Å². The molecule has 4 heteroatoms. The molecule has 4 nitrogen and oxygen atoms in total. The van der Waals surface area contributed by atoms with E-state index in [-0.39, 0.29) is 5.78 Å². The lowest BCUT2D eigenvalue weighted by atomic mass is 10.2. The lowest BCUT2D eigenvalue weighted by Gasteiger charge is -2.04. The highest BCUT2D eigenvalue weighted by Gasteiger charge is 2.06. The van der Waals surface area contributed by atoms with Gasteiger partial charge in [-0.3, -0.25) is 0 Å². The van der Waals surface area contributed by atoms with Crippen LogP contribution in [-0.4, -0.2) is 20.8 Å². The third kappa shape index (κ3) is 2.34. The zero-order chi connectivity index (χ0) is 11.4. The first-order valence-electron chi connectivity index (χ1n) is 5.22. The Balaban J connectivity index is 2.23. The number of para-hydroxylation sites is 1. The minimum absolute atomic E-state index is 0.181. The van der Waals surface area contributed by atoms with Gasteiger partial charge in [0.05, 0.1) is 17.6 Å². The monoisotopic (exact) mass is 215 g/mol. The number of rotatable bonds is 4. The van der Waals surface area contributed by atoms with Crippen LogP contribution in [0.25, 0.3) is 5.69 Å². The van der Waals surface area contributed by atoms with Gasteiger partial charge >= 0.3 is 0 Å². The summed E-state index contributed by atoms with van der Waals surface area (Å²) in [6.45, 7) is 1.59. The Labute approximate surface area is 93.9 Å². The number of aromatic nitrogens is 3. The summed E-state index contributed by atoms with van der Waals surface area (Å²) >= 11 is 0. The molecular formula is C12H13N3O. The largest absolute Gasteiger partial charge is 0.300 e. The van der Waals surface area contributed by atoms with Crippen molar-refractivity contribution in [3.05, 3.63) is 42.2 Å². The van der Waals surface area contributed by atoms with E-state index in [1.165, 1.54) is 0 Å². The van der Waals surface area contributed by atoms with Gasteiger partial charge in [-0.25, -0.2) is 4.68 Å². The summed E-state index contributed by atoms with van der Waals surface area (Å²) in [7, 11) is 0. The molecule has 0 fully saturated rings. The lowest BCUT2D eigenvalue weighted by Crippen LogP contribution is -2.04. The minimum Gasteiger partial charge on any atom is -0.300 e. The van der Waals surface area contributed by atoms with Crippen LogP contribution in [0, 0.1) is 0 Å². The Bertz CT molecular complexity index is 476. The molecule has 0 aliphatic heterocycles. The molecule has 1 aromatic heterocycles. The molecule has 1 heterocycles. The minimum atomic E-state index is 0.181. The van der Waals surface area contributed by atoms with Gasteiger partial charge in [-0.2, -0.15) is 0 Å². The van der Waals surface area contributed by atoms with E-state index in [2.05, 4.69) is 10.3 Å². The number of hydrogen-bond acceptors (Lipinski definition) is 3. The van der Waals surface area contributed by atoms with E-state index in [0.717, 1.165) is 11.4 Å². The molecular weight excluding hydrogens is 202 g/mol. The molecule has 0 amide bonds. The van der Waals surface area contributed by atoms with Crippen LogP contribution in [0.5, 0.6) is 0 Å². The van der Waals surface area contributed by atoms with Crippen molar-refractivity contribution in [1.82, 2.24) is 15.0 Å². The first-order chi connectivity index (χ1) is 7.77. The van der Waals surface area contributed by atoms with Gasteiger partial charge in [0.2, 0.25) is 0 Å². The standard InChI is InChI=1S/C12H13N3O/c1-10(16)7-8-12-9-13-14-15(12)11-5-3-2-4-6-11/h2-6,9H,7-8H2,1H3. The Morgan fingerprint density at radius 3 is 2.75 bits per heavy atom. The fourth-order valence-electron chi connectivity index (χ4n) is 1.52. The SMILES string of the molecule is CC(=O)CCc1cnnn1-c1ccccc1. The fourth-order valence-corrected chi connectivity index (χ4v) is 1.52. The van der Waals surface area contributed by atoms with Gasteiger partial charge in [0.25, 0.3) is 0 Å². The highest BCUT2D eigenvalue weighted by molar-refractivity contribution is 5.75. The third-order valence-corrected chi connectivity index (χ3v) is 2.35. The summed E-state index contributed by atoms with van der Waals surface area (Å²) in [4.78, 5) is 10.9. The molecule has 82 valence electrons. The van der Waals surface area contributed by atoms with E-state index < -0.39 is 0 Å². The maximum Gasteiger partial charge on any atom is 0.130 e. The highest BCUT2D eigenvalue weighted by atomic mass is 16.1. The number of aryl methyl sites for hydroxylation is 1. The molecule has 0 bridgehead atoms. The Kier molecular flexibility index (Phi) is 3.10. The quantitative estimate of drug-likeness (QED) is 0.781. The second kappa shape index (κ2) is 4.70. The molecule has 0 saturated carbocycles. The van der Waals surface area contributed by atoms with E-state index in [4.69, 9.17) is 0 Å². The van der Waals surface area contributed by atoms with E-state index >= 15 is 0 Å². The Hall–Kier alpha value is -1.97. The number of ketones is 1. The van der Waals surface area contributed by atoms with Gasteiger partial charge in [-0.15, -0.1) is 5.10 Å². The average Bonchev–Trinajstić information content (AvgIpc) is 2.75. The summed E-state index contributed by atoms with van der Waals surface area (Å²) in [6, 6.07) is 9.78. The summed E-state index contributed by atoms with van der Waals surface area (Å²) in [5.74, 6) is 0.181. The van der Waals surface area contributed by atoms with Crippen molar-refractivity contribution in [3.8, 4) is 5.69 Å². The smallest absolute Gasteiger partial charge is 0.130 e. The summed E-state index contributed by atoms with van der Waals surface area (Å²) in [6.07, 6.45) is 2.91. The van der Waals surface area contributed by atoms with Crippen LogP contribution in [0.2, 0.25) is 0 Å². The molecule has 2 rings (SSSR count). The zero-order valence-electron chi connectivity index (χ0n) is 9.13.